The first kappa shape index (κ1) is 16.1. The summed E-state index contributed by atoms with van der Waals surface area (Å²) in [5.74, 6) is -0.112. The Morgan fingerprint density at radius 3 is 2.53 bits per heavy atom. The van der Waals surface area contributed by atoms with E-state index in [0.29, 0.717) is 6.54 Å². The normalized spacial score (nSPS) is 12.1. The van der Waals surface area contributed by atoms with Crippen molar-refractivity contribution in [3.8, 4) is 0 Å². The van der Waals surface area contributed by atoms with E-state index in [1.54, 1.807) is 6.07 Å². The number of unbranched alkanes of at least 4 members (excludes halogenated alkanes) is 1. The van der Waals surface area contributed by atoms with E-state index in [1.807, 2.05) is 19.2 Å². The highest BCUT2D eigenvalue weighted by atomic mass is 19.1. The molecule has 3 heteroatoms. The Labute approximate surface area is 116 Å². The highest BCUT2D eigenvalue weighted by molar-refractivity contribution is 5.16. The monoisotopic (exact) mass is 266 g/mol. The van der Waals surface area contributed by atoms with Crippen molar-refractivity contribution in [2.45, 2.75) is 39.7 Å². The highest BCUT2D eigenvalue weighted by Gasteiger charge is 2.14. The molecule has 0 spiro atoms. The van der Waals surface area contributed by atoms with E-state index in [1.165, 1.54) is 12.5 Å². The first-order valence-corrected chi connectivity index (χ1v) is 7.06. The lowest BCUT2D eigenvalue weighted by Gasteiger charge is -2.23. The summed E-state index contributed by atoms with van der Waals surface area (Å²) in [6.45, 7) is 6.81. The molecule has 108 valence electrons. The molecule has 2 nitrogen and oxygen atoms in total. The van der Waals surface area contributed by atoms with Gasteiger partial charge >= 0.3 is 0 Å². The lowest BCUT2D eigenvalue weighted by molar-refractivity contribution is 0.287. The molecule has 0 aliphatic heterocycles. The Kier molecular flexibility index (Phi) is 6.46. The van der Waals surface area contributed by atoms with E-state index in [4.69, 9.17) is 5.73 Å². The molecule has 1 rings (SSSR count). The predicted molar refractivity (Wildman–Crippen MR) is 79.4 cm³/mol. The number of rotatable bonds is 8. The number of hydrogen-bond acceptors (Lipinski definition) is 2. The Morgan fingerprint density at radius 1 is 1.21 bits per heavy atom. The van der Waals surface area contributed by atoms with Gasteiger partial charge in [-0.05, 0) is 44.5 Å². The summed E-state index contributed by atoms with van der Waals surface area (Å²) in [5, 5.41) is 0. The maximum atomic E-state index is 13.5. The quantitative estimate of drug-likeness (QED) is 0.731. The van der Waals surface area contributed by atoms with Crippen LogP contribution in [-0.4, -0.2) is 25.0 Å². The molecule has 0 saturated carbocycles. The van der Waals surface area contributed by atoms with Crippen LogP contribution in [0.4, 0.5) is 4.39 Å². The van der Waals surface area contributed by atoms with Gasteiger partial charge in [0, 0.05) is 12.1 Å². The molecule has 1 aromatic carbocycles. The van der Waals surface area contributed by atoms with Crippen LogP contribution in [0.3, 0.4) is 0 Å². The average molecular weight is 266 g/mol. The van der Waals surface area contributed by atoms with Gasteiger partial charge in [-0.25, -0.2) is 4.39 Å². The minimum Gasteiger partial charge on any atom is -0.330 e. The summed E-state index contributed by atoms with van der Waals surface area (Å²) in [5.41, 5.74) is 6.73. The van der Waals surface area contributed by atoms with Gasteiger partial charge < -0.3 is 10.6 Å². The van der Waals surface area contributed by atoms with E-state index in [9.17, 15) is 4.39 Å². The van der Waals surface area contributed by atoms with Gasteiger partial charge in [-0.2, -0.15) is 0 Å². The summed E-state index contributed by atoms with van der Waals surface area (Å²) in [6.07, 6.45) is 3.46. The van der Waals surface area contributed by atoms with Crippen LogP contribution in [0.25, 0.3) is 0 Å². The topological polar surface area (TPSA) is 29.3 Å². The zero-order valence-electron chi connectivity index (χ0n) is 12.5. The second-order valence-electron chi connectivity index (χ2n) is 6.15. The van der Waals surface area contributed by atoms with E-state index >= 15 is 0 Å². The Morgan fingerprint density at radius 2 is 1.89 bits per heavy atom. The van der Waals surface area contributed by atoms with Crippen LogP contribution in [0.2, 0.25) is 0 Å². The van der Waals surface area contributed by atoms with Gasteiger partial charge in [-0.1, -0.05) is 38.5 Å². The molecule has 1 aromatic rings. The van der Waals surface area contributed by atoms with Crippen molar-refractivity contribution in [1.29, 1.82) is 0 Å². The van der Waals surface area contributed by atoms with Gasteiger partial charge in [0.05, 0.1) is 0 Å². The smallest absolute Gasteiger partial charge is 0.127 e. The van der Waals surface area contributed by atoms with Crippen molar-refractivity contribution in [3.05, 3.63) is 35.6 Å². The van der Waals surface area contributed by atoms with Crippen LogP contribution in [0.5, 0.6) is 0 Å². The molecule has 0 fully saturated rings. The average Bonchev–Trinajstić information content (AvgIpc) is 2.38. The molecule has 0 radical (unpaired) electrons. The molecule has 0 aromatic heterocycles. The van der Waals surface area contributed by atoms with Gasteiger partial charge in [0.2, 0.25) is 0 Å². The fourth-order valence-electron chi connectivity index (χ4n) is 2.08. The molecule has 19 heavy (non-hydrogen) atoms. The first-order chi connectivity index (χ1) is 8.94. The lowest BCUT2D eigenvalue weighted by Crippen LogP contribution is -2.24. The molecule has 0 heterocycles. The Bertz CT molecular complexity index is 377. The summed E-state index contributed by atoms with van der Waals surface area (Å²) >= 11 is 0. The van der Waals surface area contributed by atoms with E-state index < -0.39 is 0 Å². The Hall–Kier alpha value is -0.930. The summed E-state index contributed by atoms with van der Waals surface area (Å²) in [4.78, 5) is 2.17. The van der Waals surface area contributed by atoms with Crippen molar-refractivity contribution >= 4 is 0 Å². The molecule has 0 unspecified atom stereocenters. The first-order valence-electron chi connectivity index (χ1n) is 7.06. The van der Waals surface area contributed by atoms with Crippen molar-refractivity contribution < 1.29 is 4.39 Å². The second-order valence-corrected chi connectivity index (χ2v) is 6.15. The van der Waals surface area contributed by atoms with Crippen LogP contribution in [0.15, 0.2) is 24.3 Å². The van der Waals surface area contributed by atoms with Crippen molar-refractivity contribution in [1.82, 2.24) is 4.90 Å². The van der Waals surface area contributed by atoms with E-state index in [0.717, 1.165) is 31.5 Å². The molecular formula is C16H27FN2. The standard InChI is InChI=1S/C16H27FN2/c1-16(2,13-18)10-6-7-11-19(3)12-14-8-4-5-9-15(14)17/h4-5,8-9H,6-7,10-13,18H2,1-3H3. The zero-order valence-corrected chi connectivity index (χ0v) is 12.5. The highest BCUT2D eigenvalue weighted by Crippen LogP contribution is 2.21. The van der Waals surface area contributed by atoms with Crippen LogP contribution < -0.4 is 5.73 Å². The maximum Gasteiger partial charge on any atom is 0.127 e. The number of halogens is 1. The van der Waals surface area contributed by atoms with Gasteiger partial charge in [0.25, 0.3) is 0 Å². The summed E-state index contributed by atoms with van der Waals surface area (Å²) < 4.78 is 13.5. The van der Waals surface area contributed by atoms with Crippen LogP contribution in [0.1, 0.15) is 38.7 Å². The zero-order chi connectivity index (χ0) is 14.3. The molecule has 0 amide bonds. The molecule has 2 N–H and O–H groups in total. The van der Waals surface area contributed by atoms with Crippen molar-refractivity contribution in [3.63, 3.8) is 0 Å². The van der Waals surface area contributed by atoms with Crippen molar-refractivity contribution in [2.75, 3.05) is 20.1 Å². The second kappa shape index (κ2) is 7.61. The molecule has 0 bridgehead atoms. The van der Waals surface area contributed by atoms with Crippen LogP contribution in [0, 0.1) is 11.2 Å². The molecule has 0 saturated heterocycles. The lowest BCUT2D eigenvalue weighted by atomic mass is 9.87. The van der Waals surface area contributed by atoms with Gasteiger partial charge in [0.1, 0.15) is 5.82 Å². The molecule has 0 aliphatic carbocycles. The summed E-state index contributed by atoms with van der Waals surface area (Å²) in [6, 6.07) is 6.99. The SMILES string of the molecule is CN(CCCCC(C)(C)CN)Cc1ccccc1F. The number of benzene rings is 1. The third kappa shape index (κ3) is 6.17. The van der Waals surface area contributed by atoms with Crippen LogP contribution >= 0.6 is 0 Å². The van der Waals surface area contributed by atoms with Gasteiger partial charge in [0.15, 0.2) is 0 Å². The minimum atomic E-state index is -0.112. The van der Waals surface area contributed by atoms with E-state index in [2.05, 4.69) is 18.7 Å². The van der Waals surface area contributed by atoms with Gasteiger partial charge in [-0.15, -0.1) is 0 Å². The fourth-order valence-corrected chi connectivity index (χ4v) is 2.08. The molecule has 0 atom stereocenters. The largest absolute Gasteiger partial charge is 0.330 e. The minimum absolute atomic E-state index is 0.112. The molecule has 0 aliphatic rings. The number of nitrogens with two attached hydrogens (primary N) is 1. The summed E-state index contributed by atoms with van der Waals surface area (Å²) in [7, 11) is 2.04. The third-order valence-corrected chi connectivity index (χ3v) is 3.59. The fraction of sp³-hybridized carbons (Fsp3) is 0.625. The molecular weight excluding hydrogens is 239 g/mol. The van der Waals surface area contributed by atoms with Crippen LogP contribution in [-0.2, 0) is 6.54 Å². The predicted octanol–water partition coefficient (Wildman–Crippen LogP) is 3.41. The third-order valence-electron chi connectivity index (χ3n) is 3.59. The number of hydrogen-bond donors (Lipinski definition) is 1. The van der Waals surface area contributed by atoms with Crippen molar-refractivity contribution in [2.24, 2.45) is 11.1 Å². The van der Waals surface area contributed by atoms with Gasteiger partial charge in [-0.3, -0.25) is 0 Å². The van der Waals surface area contributed by atoms with E-state index in [-0.39, 0.29) is 11.2 Å². The Balaban J connectivity index is 2.25. The maximum absolute atomic E-state index is 13.5. The number of nitrogens with zero attached hydrogens (tertiary/aromatic N) is 1.